The van der Waals surface area contributed by atoms with Crippen LogP contribution in [0.2, 0.25) is 0 Å². The maximum absolute atomic E-state index is 11.1. The highest BCUT2D eigenvalue weighted by Gasteiger charge is 2.11. The molecular formula is C30H48N6O2S2. The summed E-state index contributed by atoms with van der Waals surface area (Å²) < 4.78 is 0. The number of carbonyl (C=O) groups excluding carboxylic acids is 2. The molecule has 222 valence electrons. The van der Waals surface area contributed by atoms with Crippen molar-refractivity contribution in [2.75, 3.05) is 13.1 Å². The number of azide groups is 2. The predicted octanol–water partition coefficient (Wildman–Crippen LogP) is 9.63. The summed E-state index contributed by atoms with van der Waals surface area (Å²) in [5, 5.41) is 7.26. The second kappa shape index (κ2) is 24.7. The predicted molar refractivity (Wildman–Crippen MR) is 171 cm³/mol. The number of unbranched alkanes of at least 4 members (excludes halogenated alkanes) is 10. The van der Waals surface area contributed by atoms with Crippen molar-refractivity contribution in [2.24, 2.45) is 10.2 Å². The van der Waals surface area contributed by atoms with E-state index in [4.69, 9.17) is 11.1 Å². The van der Waals surface area contributed by atoms with Crippen molar-refractivity contribution in [3.63, 3.8) is 0 Å². The Morgan fingerprint density at radius 1 is 0.525 bits per heavy atom. The van der Waals surface area contributed by atoms with Gasteiger partial charge >= 0.3 is 0 Å². The summed E-state index contributed by atoms with van der Waals surface area (Å²) in [6.07, 6.45) is 19.7. The summed E-state index contributed by atoms with van der Waals surface area (Å²) in [6, 6.07) is 4.91. The quantitative estimate of drug-likeness (QED) is 0.0367. The zero-order chi connectivity index (χ0) is 29.3. The fourth-order valence-corrected chi connectivity index (χ4v) is 5.37. The Morgan fingerprint density at radius 2 is 0.825 bits per heavy atom. The van der Waals surface area contributed by atoms with Crippen molar-refractivity contribution in [2.45, 2.75) is 128 Å². The number of thiol groups is 2. The van der Waals surface area contributed by atoms with Gasteiger partial charge in [-0.3, -0.25) is 9.59 Å². The van der Waals surface area contributed by atoms with E-state index < -0.39 is 0 Å². The van der Waals surface area contributed by atoms with Gasteiger partial charge in [0.2, 0.25) is 0 Å². The molecule has 0 radical (unpaired) electrons. The molecule has 1 aromatic carbocycles. The van der Waals surface area contributed by atoms with E-state index in [-0.39, 0.29) is 10.2 Å². The van der Waals surface area contributed by atoms with Crippen LogP contribution in [0.25, 0.3) is 20.9 Å². The van der Waals surface area contributed by atoms with E-state index in [9.17, 15) is 9.59 Å². The van der Waals surface area contributed by atoms with Gasteiger partial charge in [-0.05, 0) is 110 Å². The Bertz CT molecular complexity index is 898. The normalized spacial score (nSPS) is 10.7. The van der Waals surface area contributed by atoms with Crippen molar-refractivity contribution in [1.29, 1.82) is 0 Å². The summed E-state index contributed by atoms with van der Waals surface area (Å²) in [4.78, 5) is 27.9. The molecule has 1 rings (SSSR count). The molecule has 0 aromatic heterocycles. The maximum atomic E-state index is 11.1. The smallest absolute Gasteiger partial charge is 0.185 e. The highest BCUT2D eigenvalue weighted by atomic mass is 32.1. The molecule has 0 saturated carbocycles. The van der Waals surface area contributed by atoms with Gasteiger partial charge in [0.1, 0.15) is 0 Å². The third-order valence-electron chi connectivity index (χ3n) is 7.23. The van der Waals surface area contributed by atoms with Crippen LogP contribution in [0.1, 0.15) is 125 Å². The minimum atomic E-state index is -0.0292. The molecule has 0 saturated heterocycles. The van der Waals surface area contributed by atoms with E-state index in [2.05, 4.69) is 57.4 Å². The molecule has 1 aromatic rings. The van der Waals surface area contributed by atoms with E-state index in [0.717, 1.165) is 116 Å². The van der Waals surface area contributed by atoms with Crippen LogP contribution < -0.4 is 0 Å². The van der Waals surface area contributed by atoms with Gasteiger partial charge in [-0.1, -0.05) is 60.9 Å². The van der Waals surface area contributed by atoms with Crippen LogP contribution in [0, 0.1) is 0 Å². The standard InChI is InChI=1S/C30H48N6O2S2/c31-35-33-21-13-5-9-17-27-23-25(15-7-1-3-11-19-29(37)39)26(16-8-2-4-12-20-30(38)40)24-28(27)18-10-6-14-22-34-36-32/h23-24H,1-22H2,(H,37,39)(H,38,40). The van der Waals surface area contributed by atoms with Crippen LogP contribution in [0.15, 0.2) is 22.4 Å². The van der Waals surface area contributed by atoms with Gasteiger partial charge in [0.15, 0.2) is 10.2 Å². The van der Waals surface area contributed by atoms with E-state index >= 15 is 0 Å². The van der Waals surface area contributed by atoms with E-state index in [1.165, 1.54) is 22.3 Å². The zero-order valence-corrected chi connectivity index (χ0v) is 25.9. The van der Waals surface area contributed by atoms with Gasteiger partial charge in [0.25, 0.3) is 0 Å². The van der Waals surface area contributed by atoms with Crippen molar-refractivity contribution in [1.82, 2.24) is 0 Å². The molecule has 0 unspecified atom stereocenters. The molecule has 0 spiro atoms. The molecule has 0 amide bonds. The zero-order valence-electron chi connectivity index (χ0n) is 24.1. The van der Waals surface area contributed by atoms with Crippen molar-refractivity contribution >= 4 is 35.5 Å². The minimum Gasteiger partial charge on any atom is -0.288 e. The number of rotatable bonds is 26. The third kappa shape index (κ3) is 19.0. The molecule has 0 bridgehead atoms. The Labute approximate surface area is 251 Å². The largest absolute Gasteiger partial charge is 0.288 e. The molecule has 0 aliphatic carbocycles. The minimum absolute atomic E-state index is 0.0292. The Balaban J connectivity index is 2.93. The van der Waals surface area contributed by atoms with Gasteiger partial charge < -0.3 is 0 Å². The third-order valence-corrected chi connectivity index (χ3v) is 7.68. The molecule has 0 heterocycles. The number of hydrogen-bond acceptors (Lipinski definition) is 4. The SMILES string of the molecule is [N-]=[N+]=NCCCCCc1cc(CCCCCCC(=O)S)c(CCCCCCC(=O)S)cc1CCCCCN=[N+]=[N-]. The van der Waals surface area contributed by atoms with E-state index in [1.807, 2.05) is 0 Å². The summed E-state index contributed by atoms with van der Waals surface area (Å²) in [5.74, 6) is 0. The molecule has 40 heavy (non-hydrogen) atoms. The van der Waals surface area contributed by atoms with Crippen LogP contribution >= 0.6 is 25.3 Å². The topological polar surface area (TPSA) is 132 Å². The number of benzene rings is 1. The first-order valence-electron chi connectivity index (χ1n) is 15.1. The average Bonchev–Trinajstić information content (AvgIpc) is 2.92. The molecule has 0 N–H and O–H groups in total. The number of aryl methyl sites for hydroxylation is 4. The number of hydrogen-bond donors (Lipinski definition) is 2. The van der Waals surface area contributed by atoms with Gasteiger partial charge in [0, 0.05) is 35.8 Å². The first kappa shape index (κ1) is 35.9. The second-order valence-corrected chi connectivity index (χ2v) is 11.5. The highest BCUT2D eigenvalue weighted by molar-refractivity contribution is 7.96. The average molecular weight is 589 g/mol. The van der Waals surface area contributed by atoms with E-state index in [0.29, 0.717) is 25.9 Å². The molecule has 8 nitrogen and oxygen atoms in total. The van der Waals surface area contributed by atoms with Gasteiger partial charge in [-0.25, -0.2) is 0 Å². The lowest BCUT2D eigenvalue weighted by Gasteiger charge is -2.18. The van der Waals surface area contributed by atoms with Crippen LogP contribution in [-0.2, 0) is 35.3 Å². The lowest BCUT2D eigenvalue weighted by Crippen LogP contribution is -2.04. The van der Waals surface area contributed by atoms with Crippen LogP contribution in [0.5, 0.6) is 0 Å². The van der Waals surface area contributed by atoms with Gasteiger partial charge in [0.05, 0.1) is 0 Å². The summed E-state index contributed by atoms with van der Waals surface area (Å²) in [7, 11) is 0. The number of nitrogens with zero attached hydrogens (tertiary/aromatic N) is 6. The number of carbonyl (C=O) groups is 2. The van der Waals surface area contributed by atoms with E-state index in [1.54, 1.807) is 0 Å². The molecule has 10 heteroatoms. The van der Waals surface area contributed by atoms with Crippen molar-refractivity contribution in [3.05, 3.63) is 55.3 Å². The first-order valence-corrected chi connectivity index (χ1v) is 16.0. The second-order valence-electron chi connectivity index (χ2n) is 10.5. The molecular weight excluding hydrogens is 541 g/mol. The van der Waals surface area contributed by atoms with Gasteiger partial charge in [-0.15, -0.1) is 25.3 Å². The summed E-state index contributed by atoms with van der Waals surface area (Å²) in [6.45, 7) is 1.11. The lowest BCUT2D eigenvalue weighted by molar-refractivity contribution is -0.111. The monoisotopic (exact) mass is 588 g/mol. The van der Waals surface area contributed by atoms with Crippen LogP contribution in [0.4, 0.5) is 0 Å². The summed E-state index contributed by atoms with van der Waals surface area (Å²) >= 11 is 7.75. The maximum Gasteiger partial charge on any atom is 0.185 e. The van der Waals surface area contributed by atoms with Crippen LogP contribution in [-0.4, -0.2) is 23.3 Å². The molecule has 0 aliphatic rings. The Hall–Kier alpha value is -2.12. The fourth-order valence-electron chi connectivity index (χ4n) is 5.05. The van der Waals surface area contributed by atoms with Crippen molar-refractivity contribution < 1.29 is 9.59 Å². The van der Waals surface area contributed by atoms with Crippen LogP contribution in [0.3, 0.4) is 0 Å². The highest BCUT2D eigenvalue weighted by Crippen LogP contribution is 2.25. The molecule has 0 atom stereocenters. The Kier molecular flexibility index (Phi) is 22.1. The first-order chi connectivity index (χ1) is 19.5. The Morgan fingerprint density at radius 3 is 1.12 bits per heavy atom. The molecule has 0 aliphatic heterocycles. The summed E-state index contributed by atoms with van der Waals surface area (Å²) in [5.41, 5.74) is 22.8. The van der Waals surface area contributed by atoms with Crippen molar-refractivity contribution in [3.8, 4) is 0 Å². The fraction of sp³-hybridized carbons (Fsp3) is 0.733. The lowest BCUT2D eigenvalue weighted by atomic mass is 9.88. The molecule has 0 fully saturated rings. The van der Waals surface area contributed by atoms with Gasteiger partial charge in [-0.2, -0.15) is 0 Å².